The van der Waals surface area contributed by atoms with Crippen LogP contribution in [0.2, 0.25) is 0 Å². The van der Waals surface area contributed by atoms with Crippen LogP contribution in [0, 0.1) is 0 Å². The molecular weight excluding hydrogens is 306 g/mol. The van der Waals surface area contributed by atoms with E-state index in [9.17, 15) is 0 Å². The zero-order valence-corrected chi connectivity index (χ0v) is 14.7. The first-order valence-corrected chi connectivity index (χ1v) is 9.80. The van der Waals surface area contributed by atoms with Crippen molar-refractivity contribution >= 4 is 11.4 Å². The van der Waals surface area contributed by atoms with Gasteiger partial charge in [-0.25, -0.2) is 0 Å². The molecule has 2 heterocycles. The molecule has 128 valence electrons. The minimum atomic E-state index is -0.204. The van der Waals surface area contributed by atoms with Crippen LogP contribution in [0.15, 0.2) is 46.4 Å². The van der Waals surface area contributed by atoms with E-state index in [1.165, 1.54) is 67.5 Å². The molecule has 1 saturated carbocycles. The van der Waals surface area contributed by atoms with Crippen molar-refractivity contribution in [3.05, 3.63) is 58.9 Å². The van der Waals surface area contributed by atoms with Crippen LogP contribution >= 0.6 is 0 Å². The van der Waals surface area contributed by atoms with Gasteiger partial charge >= 0.3 is 0 Å². The number of nitrogens with zero attached hydrogens (tertiary/aromatic N) is 2. The molecule has 0 atom stereocenters. The molecule has 0 saturated heterocycles. The summed E-state index contributed by atoms with van der Waals surface area (Å²) < 4.78 is 0. The van der Waals surface area contributed by atoms with Gasteiger partial charge in [-0.2, -0.15) is 0 Å². The van der Waals surface area contributed by atoms with E-state index in [1.54, 1.807) is 0 Å². The average Bonchev–Trinajstić information content (AvgIpc) is 3.25. The second-order valence-electron chi connectivity index (χ2n) is 7.72. The minimum Gasteiger partial charge on any atom is -0.357 e. The third-order valence-corrected chi connectivity index (χ3v) is 5.94. The van der Waals surface area contributed by atoms with Gasteiger partial charge in [0.1, 0.15) is 5.71 Å². The Kier molecular flexibility index (Phi) is 3.61. The Hall–Kier alpha value is -2.16. The lowest BCUT2D eigenvalue weighted by Crippen LogP contribution is -2.25. The summed E-state index contributed by atoms with van der Waals surface area (Å²) in [5.74, 6) is 0. The fourth-order valence-electron chi connectivity index (χ4n) is 4.60. The number of aromatic amines is 1. The number of H-pyrrole nitrogens is 1. The van der Waals surface area contributed by atoms with Crippen LogP contribution in [0.1, 0.15) is 67.5 Å². The molecule has 3 heteroatoms. The predicted molar refractivity (Wildman–Crippen MR) is 103 cm³/mol. The van der Waals surface area contributed by atoms with Crippen LogP contribution in [0.25, 0.3) is 0 Å². The Bertz CT molecular complexity index is 812. The number of aryl methyl sites for hydroxylation is 2. The average molecular weight is 331 g/mol. The highest BCUT2D eigenvalue weighted by molar-refractivity contribution is 6.54. The Morgan fingerprint density at radius 1 is 0.800 bits per heavy atom. The highest BCUT2D eigenvalue weighted by Crippen LogP contribution is 2.38. The molecule has 3 nitrogen and oxygen atoms in total. The van der Waals surface area contributed by atoms with Crippen LogP contribution in [0.3, 0.4) is 0 Å². The van der Waals surface area contributed by atoms with Gasteiger partial charge < -0.3 is 4.98 Å². The summed E-state index contributed by atoms with van der Waals surface area (Å²) in [6.07, 6.45) is 10.9. The number of hydrogen-bond donors (Lipinski definition) is 1. The SMILES string of the molecule is c1ccc(C2=NC3(CCCCC3)N=C2c2cc3c([nH]2)CCCC3)cc1. The summed E-state index contributed by atoms with van der Waals surface area (Å²) in [6.45, 7) is 0. The molecule has 1 N–H and O–H groups in total. The highest BCUT2D eigenvalue weighted by Gasteiger charge is 2.38. The molecule has 0 unspecified atom stereocenters. The van der Waals surface area contributed by atoms with Crippen LogP contribution in [0.4, 0.5) is 0 Å². The van der Waals surface area contributed by atoms with Gasteiger partial charge in [0, 0.05) is 11.3 Å². The van der Waals surface area contributed by atoms with Gasteiger partial charge in [-0.3, -0.25) is 9.98 Å². The van der Waals surface area contributed by atoms with Gasteiger partial charge in [0.25, 0.3) is 0 Å². The van der Waals surface area contributed by atoms with Crippen molar-refractivity contribution < 1.29 is 0 Å². The summed E-state index contributed by atoms with van der Waals surface area (Å²) in [5.41, 5.74) is 7.24. The molecule has 25 heavy (non-hydrogen) atoms. The van der Waals surface area contributed by atoms with Crippen LogP contribution in [0.5, 0.6) is 0 Å². The second-order valence-corrected chi connectivity index (χ2v) is 7.72. The first-order chi connectivity index (χ1) is 12.3. The van der Waals surface area contributed by atoms with E-state index in [2.05, 4.69) is 41.4 Å². The van der Waals surface area contributed by atoms with Crippen molar-refractivity contribution in [2.24, 2.45) is 9.98 Å². The van der Waals surface area contributed by atoms with Crippen molar-refractivity contribution in [3.63, 3.8) is 0 Å². The third-order valence-electron chi connectivity index (χ3n) is 5.94. The van der Waals surface area contributed by atoms with E-state index in [4.69, 9.17) is 9.98 Å². The van der Waals surface area contributed by atoms with Gasteiger partial charge in [0.15, 0.2) is 5.66 Å². The topological polar surface area (TPSA) is 40.5 Å². The largest absolute Gasteiger partial charge is 0.357 e. The molecule has 1 fully saturated rings. The summed E-state index contributed by atoms with van der Waals surface area (Å²) in [7, 11) is 0. The fourth-order valence-corrected chi connectivity index (χ4v) is 4.60. The maximum absolute atomic E-state index is 5.23. The fraction of sp³-hybridized carbons (Fsp3) is 0.455. The Morgan fingerprint density at radius 3 is 2.36 bits per heavy atom. The van der Waals surface area contributed by atoms with E-state index < -0.39 is 0 Å². The zero-order valence-electron chi connectivity index (χ0n) is 14.7. The smallest absolute Gasteiger partial charge is 0.151 e. The number of fused-ring (bicyclic) bond motifs is 1. The molecule has 2 aliphatic carbocycles. The molecular formula is C22H25N3. The number of aromatic nitrogens is 1. The number of aliphatic imine (C=N–C) groups is 2. The van der Waals surface area contributed by atoms with Gasteiger partial charge in [0.05, 0.1) is 11.4 Å². The third kappa shape index (κ3) is 2.66. The lowest BCUT2D eigenvalue weighted by atomic mass is 9.90. The summed E-state index contributed by atoms with van der Waals surface area (Å²) in [6, 6.07) is 12.9. The normalized spacial score (nSPS) is 21.8. The van der Waals surface area contributed by atoms with E-state index in [0.717, 1.165) is 24.3 Å². The minimum absolute atomic E-state index is 0.204. The highest BCUT2D eigenvalue weighted by atomic mass is 15.1. The summed E-state index contributed by atoms with van der Waals surface area (Å²) >= 11 is 0. The van der Waals surface area contributed by atoms with Gasteiger partial charge in [0.2, 0.25) is 0 Å². The molecule has 0 amide bonds. The number of benzene rings is 1. The summed E-state index contributed by atoms with van der Waals surface area (Å²) in [4.78, 5) is 14.1. The van der Waals surface area contributed by atoms with Crippen molar-refractivity contribution in [1.82, 2.24) is 4.98 Å². The maximum atomic E-state index is 5.23. The van der Waals surface area contributed by atoms with Crippen molar-refractivity contribution in [3.8, 4) is 0 Å². The van der Waals surface area contributed by atoms with E-state index >= 15 is 0 Å². The molecule has 2 aromatic rings. The van der Waals surface area contributed by atoms with Crippen LogP contribution < -0.4 is 0 Å². The van der Waals surface area contributed by atoms with E-state index in [1.807, 2.05) is 0 Å². The quantitative estimate of drug-likeness (QED) is 0.817. The number of nitrogens with one attached hydrogen (secondary N) is 1. The lowest BCUT2D eigenvalue weighted by molar-refractivity contribution is 0.316. The monoisotopic (exact) mass is 331 g/mol. The van der Waals surface area contributed by atoms with Crippen molar-refractivity contribution in [2.75, 3.05) is 0 Å². The second kappa shape index (κ2) is 5.98. The summed E-state index contributed by atoms with van der Waals surface area (Å²) in [5, 5.41) is 0. The van der Waals surface area contributed by atoms with Crippen molar-refractivity contribution in [1.29, 1.82) is 0 Å². The lowest BCUT2D eigenvalue weighted by Gasteiger charge is -2.27. The van der Waals surface area contributed by atoms with Gasteiger partial charge in [-0.05, 0) is 63.0 Å². The number of rotatable bonds is 2. The Morgan fingerprint density at radius 2 is 1.56 bits per heavy atom. The molecule has 3 aliphatic rings. The van der Waals surface area contributed by atoms with Crippen LogP contribution in [-0.2, 0) is 12.8 Å². The Balaban J connectivity index is 1.61. The van der Waals surface area contributed by atoms with Gasteiger partial charge in [-0.15, -0.1) is 0 Å². The predicted octanol–water partition coefficient (Wildman–Crippen LogP) is 4.85. The molecule has 1 aromatic carbocycles. The molecule has 0 bridgehead atoms. The molecule has 5 rings (SSSR count). The Labute approximate surface area is 149 Å². The van der Waals surface area contributed by atoms with E-state index in [-0.39, 0.29) is 5.66 Å². The molecule has 0 radical (unpaired) electrons. The first kappa shape index (κ1) is 15.1. The standard InChI is InChI=1S/C22H25N3/c1-3-9-16(10-4-1)20-21(25-22(24-20)13-7-2-8-14-22)19-15-17-11-5-6-12-18(17)23-19/h1,3-4,9-10,15,23H,2,5-8,11-14H2. The zero-order chi connectivity index (χ0) is 16.7. The number of hydrogen-bond acceptors (Lipinski definition) is 2. The maximum Gasteiger partial charge on any atom is 0.151 e. The van der Waals surface area contributed by atoms with Gasteiger partial charge in [-0.1, -0.05) is 36.8 Å². The molecule has 1 aliphatic heterocycles. The molecule has 1 aromatic heterocycles. The van der Waals surface area contributed by atoms with Crippen LogP contribution in [-0.4, -0.2) is 22.1 Å². The first-order valence-electron chi connectivity index (χ1n) is 9.80. The molecule has 1 spiro atoms. The van der Waals surface area contributed by atoms with E-state index in [0.29, 0.717) is 0 Å². The van der Waals surface area contributed by atoms with Crippen molar-refractivity contribution in [2.45, 2.75) is 63.5 Å².